The van der Waals surface area contributed by atoms with Gasteiger partial charge in [0.25, 0.3) is 0 Å². The maximum atomic E-state index is 6.01. The Balaban J connectivity index is 2.17. The monoisotopic (exact) mass is 196 g/mol. The molecular formula is C10H13ClN2. The summed E-state index contributed by atoms with van der Waals surface area (Å²) in [7, 11) is 0. The minimum absolute atomic E-state index is 0.0575. The summed E-state index contributed by atoms with van der Waals surface area (Å²) < 4.78 is 0. The molecule has 2 nitrogen and oxygen atoms in total. The lowest BCUT2D eigenvalue weighted by Crippen LogP contribution is -2.24. The van der Waals surface area contributed by atoms with E-state index in [1.54, 1.807) is 0 Å². The summed E-state index contributed by atoms with van der Waals surface area (Å²) in [5.41, 5.74) is 8.29. The van der Waals surface area contributed by atoms with Gasteiger partial charge in [-0.1, -0.05) is 17.7 Å². The molecule has 70 valence electrons. The molecule has 1 aromatic heterocycles. The Morgan fingerprint density at radius 3 is 2.85 bits per heavy atom. The first-order chi connectivity index (χ1) is 6.09. The molecule has 1 aromatic rings. The second kappa shape index (κ2) is 2.96. The third-order valence-corrected chi connectivity index (χ3v) is 2.92. The fourth-order valence-corrected chi connectivity index (χ4v) is 1.56. The van der Waals surface area contributed by atoms with Gasteiger partial charge in [0.15, 0.2) is 0 Å². The lowest BCUT2D eigenvalue weighted by atomic mass is 10.1. The van der Waals surface area contributed by atoms with Crippen LogP contribution >= 0.6 is 11.6 Å². The quantitative estimate of drug-likeness (QED) is 0.736. The molecule has 0 spiro atoms. The number of nitrogens with two attached hydrogens (primary N) is 1. The van der Waals surface area contributed by atoms with E-state index in [0.717, 1.165) is 24.8 Å². The predicted octanol–water partition coefficient (Wildman–Crippen LogP) is 2.08. The number of aromatic nitrogens is 1. The largest absolute Gasteiger partial charge is 0.325 e. The molecule has 0 aliphatic heterocycles. The van der Waals surface area contributed by atoms with E-state index < -0.39 is 0 Å². The Labute approximate surface area is 83.1 Å². The van der Waals surface area contributed by atoms with Crippen molar-refractivity contribution in [2.24, 2.45) is 5.73 Å². The molecule has 0 amide bonds. The summed E-state index contributed by atoms with van der Waals surface area (Å²) in [4.78, 5) is 4.10. The van der Waals surface area contributed by atoms with Gasteiger partial charge in [0, 0.05) is 11.7 Å². The molecular weight excluding hydrogens is 184 g/mol. The van der Waals surface area contributed by atoms with E-state index >= 15 is 0 Å². The summed E-state index contributed by atoms with van der Waals surface area (Å²) in [5, 5.41) is 0.589. The topological polar surface area (TPSA) is 38.9 Å². The Kier molecular flexibility index (Phi) is 2.05. The summed E-state index contributed by atoms with van der Waals surface area (Å²) in [5.74, 6) is 0. The van der Waals surface area contributed by atoms with Gasteiger partial charge in [-0.05, 0) is 37.3 Å². The summed E-state index contributed by atoms with van der Waals surface area (Å²) in [6, 6.07) is 2.07. The van der Waals surface area contributed by atoms with Crippen molar-refractivity contribution >= 4 is 11.6 Å². The van der Waals surface area contributed by atoms with Gasteiger partial charge in [-0.3, -0.25) is 0 Å². The standard InChI is InChI=1S/C10H13ClN2/c1-7-4-8(6-13-9(7)11)5-10(12)2-3-10/h4,6H,2-3,5,12H2,1H3. The molecule has 3 heteroatoms. The zero-order valence-corrected chi connectivity index (χ0v) is 8.43. The molecule has 1 fully saturated rings. The second-order valence-electron chi connectivity index (χ2n) is 3.99. The fraction of sp³-hybridized carbons (Fsp3) is 0.500. The van der Waals surface area contributed by atoms with E-state index in [9.17, 15) is 0 Å². The smallest absolute Gasteiger partial charge is 0.131 e. The maximum Gasteiger partial charge on any atom is 0.131 e. The molecule has 2 rings (SSSR count). The minimum Gasteiger partial charge on any atom is -0.325 e. The van der Waals surface area contributed by atoms with Crippen LogP contribution in [0.25, 0.3) is 0 Å². The average Bonchev–Trinajstić information content (AvgIpc) is 2.76. The lowest BCUT2D eigenvalue weighted by molar-refractivity contribution is 0.670. The Bertz CT molecular complexity index is 332. The average molecular weight is 197 g/mol. The predicted molar refractivity (Wildman–Crippen MR) is 53.8 cm³/mol. The number of hydrogen-bond acceptors (Lipinski definition) is 2. The third-order valence-electron chi connectivity index (χ3n) is 2.52. The molecule has 0 radical (unpaired) electrons. The van der Waals surface area contributed by atoms with Gasteiger partial charge in [0.1, 0.15) is 5.15 Å². The van der Waals surface area contributed by atoms with Gasteiger partial charge in [0.2, 0.25) is 0 Å². The highest BCUT2D eigenvalue weighted by atomic mass is 35.5. The number of aryl methyl sites for hydroxylation is 1. The number of halogens is 1. The van der Waals surface area contributed by atoms with E-state index in [4.69, 9.17) is 17.3 Å². The number of rotatable bonds is 2. The number of hydrogen-bond donors (Lipinski definition) is 1. The van der Waals surface area contributed by atoms with Crippen LogP contribution in [-0.4, -0.2) is 10.5 Å². The molecule has 0 unspecified atom stereocenters. The van der Waals surface area contributed by atoms with Crippen molar-refractivity contribution in [2.45, 2.75) is 31.7 Å². The first kappa shape index (κ1) is 8.97. The summed E-state index contributed by atoms with van der Waals surface area (Å²) in [6.07, 6.45) is 5.02. The molecule has 0 aromatic carbocycles. The highest BCUT2D eigenvalue weighted by Gasteiger charge is 2.37. The van der Waals surface area contributed by atoms with Crippen LogP contribution in [0.4, 0.5) is 0 Å². The van der Waals surface area contributed by atoms with Crippen LogP contribution in [0, 0.1) is 6.92 Å². The van der Waals surface area contributed by atoms with Crippen LogP contribution in [0.2, 0.25) is 5.15 Å². The van der Waals surface area contributed by atoms with Crippen molar-refractivity contribution in [3.8, 4) is 0 Å². The minimum atomic E-state index is 0.0575. The number of nitrogens with zero attached hydrogens (tertiary/aromatic N) is 1. The summed E-state index contributed by atoms with van der Waals surface area (Å²) in [6.45, 7) is 1.97. The van der Waals surface area contributed by atoms with Crippen LogP contribution < -0.4 is 5.73 Å². The van der Waals surface area contributed by atoms with E-state index in [2.05, 4.69) is 11.1 Å². The maximum absolute atomic E-state index is 6.01. The van der Waals surface area contributed by atoms with Crippen molar-refractivity contribution in [3.63, 3.8) is 0 Å². The molecule has 0 saturated heterocycles. The van der Waals surface area contributed by atoms with Crippen molar-refractivity contribution in [3.05, 3.63) is 28.5 Å². The van der Waals surface area contributed by atoms with Crippen LogP contribution in [0.3, 0.4) is 0 Å². The third kappa shape index (κ3) is 2.01. The van der Waals surface area contributed by atoms with Gasteiger partial charge < -0.3 is 5.73 Å². The van der Waals surface area contributed by atoms with Gasteiger partial charge in [-0.15, -0.1) is 0 Å². The molecule has 0 bridgehead atoms. The highest BCUT2D eigenvalue weighted by Crippen LogP contribution is 2.35. The van der Waals surface area contributed by atoms with E-state index in [1.165, 1.54) is 5.56 Å². The Morgan fingerprint density at radius 1 is 1.62 bits per heavy atom. The van der Waals surface area contributed by atoms with Gasteiger partial charge >= 0.3 is 0 Å². The molecule has 13 heavy (non-hydrogen) atoms. The van der Waals surface area contributed by atoms with Gasteiger partial charge in [0.05, 0.1) is 0 Å². The van der Waals surface area contributed by atoms with Gasteiger partial charge in [-0.25, -0.2) is 4.98 Å². The molecule has 2 N–H and O–H groups in total. The van der Waals surface area contributed by atoms with Crippen molar-refractivity contribution in [1.29, 1.82) is 0 Å². The van der Waals surface area contributed by atoms with E-state index in [-0.39, 0.29) is 5.54 Å². The van der Waals surface area contributed by atoms with Crippen LogP contribution in [0.1, 0.15) is 24.0 Å². The molecule has 1 aliphatic rings. The first-order valence-electron chi connectivity index (χ1n) is 4.49. The normalized spacial score (nSPS) is 18.7. The molecule has 1 heterocycles. The van der Waals surface area contributed by atoms with Crippen LogP contribution in [0.15, 0.2) is 12.3 Å². The highest BCUT2D eigenvalue weighted by molar-refractivity contribution is 6.30. The molecule has 1 aliphatic carbocycles. The van der Waals surface area contributed by atoms with Crippen LogP contribution in [0.5, 0.6) is 0 Å². The Hall–Kier alpha value is -0.600. The van der Waals surface area contributed by atoms with E-state index in [0.29, 0.717) is 5.15 Å². The second-order valence-corrected chi connectivity index (χ2v) is 4.35. The van der Waals surface area contributed by atoms with Crippen molar-refractivity contribution in [1.82, 2.24) is 4.98 Å². The SMILES string of the molecule is Cc1cc(CC2(N)CC2)cnc1Cl. The fourth-order valence-electron chi connectivity index (χ4n) is 1.46. The Morgan fingerprint density at radius 2 is 2.31 bits per heavy atom. The first-order valence-corrected chi connectivity index (χ1v) is 4.87. The zero-order valence-electron chi connectivity index (χ0n) is 7.68. The lowest BCUT2D eigenvalue weighted by Gasteiger charge is -2.08. The van der Waals surface area contributed by atoms with Crippen molar-refractivity contribution < 1.29 is 0 Å². The van der Waals surface area contributed by atoms with Gasteiger partial charge in [-0.2, -0.15) is 0 Å². The summed E-state index contributed by atoms with van der Waals surface area (Å²) >= 11 is 5.83. The molecule has 1 saturated carbocycles. The number of pyridine rings is 1. The van der Waals surface area contributed by atoms with E-state index in [1.807, 2.05) is 13.1 Å². The van der Waals surface area contributed by atoms with Crippen LogP contribution in [-0.2, 0) is 6.42 Å². The zero-order chi connectivity index (χ0) is 9.47. The van der Waals surface area contributed by atoms with Crippen molar-refractivity contribution in [2.75, 3.05) is 0 Å². The molecule has 0 atom stereocenters.